The molecule has 3 aromatic rings. The molecule has 7 N–H and O–H groups in total. The van der Waals surface area contributed by atoms with E-state index in [1.165, 1.54) is 0 Å². The van der Waals surface area contributed by atoms with E-state index in [0.29, 0.717) is 11.3 Å². The molecule has 2 amide bonds. The SMILES string of the molecule is Cl.N=C(N)c1cccc(NC(CO)C(=O)NCC(=O)NC(c2ccccc2)c2ccccc2)c1. The van der Waals surface area contributed by atoms with E-state index in [4.69, 9.17) is 11.1 Å². The Balaban J connectivity index is 0.00000408. The largest absolute Gasteiger partial charge is 0.394 e. The summed E-state index contributed by atoms with van der Waals surface area (Å²) in [7, 11) is 0. The number of aliphatic hydroxyl groups is 1. The number of amides is 2. The van der Waals surface area contributed by atoms with Crippen LogP contribution in [0.4, 0.5) is 5.69 Å². The van der Waals surface area contributed by atoms with Crippen molar-refractivity contribution in [1.82, 2.24) is 10.6 Å². The van der Waals surface area contributed by atoms with E-state index in [1.807, 2.05) is 60.7 Å². The van der Waals surface area contributed by atoms with Gasteiger partial charge in [-0.15, -0.1) is 12.4 Å². The number of rotatable bonds is 10. The standard InChI is InChI=1S/C25H27N5O3.ClH/c26-24(27)19-12-7-13-20(14-19)29-21(16-31)25(33)28-15-22(32)30-23(17-8-3-1-4-9-17)18-10-5-2-6-11-18;/h1-14,21,23,29,31H,15-16H2,(H3,26,27)(H,28,33)(H,30,32);1H. The maximum atomic E-state index is 12.6. The van der Waals surface area contributed by atoms with Crippen LogP contribution in [0.5, 0.6) is 0 Å². The van der Waals surface area contributed by atoms with Crippen LogP contribution in [-0.2, 0) is 9.59 Å². The summed E-state index contributed by atoms with van der Waals surface area (Å²) in [5.74, 6) is -1.00. The lowest BCUT2D eigenvalue weighted by Crippen LogP contribution is -2.46. The first-order valence-corrected chi connectivity index (χ1v) is 10.5. The van der Waals surface area contributed by atoms with E-state index in [9.17, 15) is 14.7 Å². The molecule has 1 unspecified atom stereocenters. The van der Waals surface area contributed by atoms with Gasteiger partial charge >= 0.3 is 0 Å². The van der Waals surface area contributed by atoms with Crippen LogP contribution < -0.4 is 21.7 Å². The zero-order chi connectivity index (χ0) is 23.6. The normalized spacial score (nSPS) is 11.1. The molecule has 0 saturated heterocycles. The number of carbonyl (C=O) groups excluding carboxylic acids is 2. The molecule has 0 fully saturated rings. The van der Waals surface area contributed by atoms with Crippen LogP contribution in [0.25, 0.3) is 0 Å². The summed E-state index contributed by atoms with van der Waals surface area (Å²) in [6, 6.07) is 24.4. The second-order valence-electron chi connectivity index (χ2n) is 7.41. The van der Waals surface area contributed by atoms with E-state index in [1.54, 1.807) is 24.3 Å². The Morgan fingerprint density at radius 1 is 0.912 bits per heavy atom. The molecule has 0 aliphatic rings. The van der Waals surface area contributed by atoms with Crippen molar-refractivity contribution in [2.24, 2.45) is 5.73 Å². The summed E-state index contributed by atoms with van der Waals surface area (Å²) in [5.41, 5.74) is 8.35. The van der Waals surface area contributed by atoms with Crippen LogP contribution in [0.2, 0.25) is 0 Å². The van der Waals surface area contributed by atoms with Gasteiger partial charge in [0.05, 0.1) is 19.2 Å². The van der Waals surface area contributed by atoms with Crippen molar-refractivity contribution in [3.05, 3.63) is 102 Å². The zero-order valence-corrected chi connectivity index (χ0v) is 19.2. The number of carbonyl (C=O) groups is 2. The molecule has 0 spiro atoms. The number of anilines is 1. The quantitative estimate of drug-likeness (QED) is 0.194. The minimum Gasteiger partial charge on any atom is -0.394 e. The van der Waals surface area contributed by atoms with Gasteiger partial charge in [-0.3, -0.25) is 15.0 Å². The number of nitrogens with two attached hydrogens (primary N) is 1. The highest BCUT2D eigenvalue weighted by Crippen LogP contribution is 2.21. The third-order valence-corrected chi connectivity index (χ3v) is 5.01. The lowest BCUT2D eigenvalue weighted by atomic mass is 9.99. The fourth-order valence-corrected chi connectivity index (χ4v) is 3.32. The minimum atomic E-state index is -0.973. The number of hydrogen-bond acceptors (Lipinski definition) is 5. The van der Waals surface area contributed by atoms with Gasteiger partial charge in [0.25, 0.3) is 0 Å². The molecule has 9 heteroatoms. The molecule has 0 aliphatic carbocycles. The number of benzene rings is 3. The van der Waals surface area contributed by atoms with Gasteiger partial charge in [-0.1, -0.05) is 72.8 Å². The maximum absolute atomic E-state index is 12.6. The lowest BCUT2D eigenvalue weighted by molar-refractivity contribution is -0.127. The van der Waals surface area contributed by atoms with Crippen molar-refractivity contribution in [3.8, 4) is 0 Å². The Morgan fingerprint density at radius 2 is 1.50 bits per heavy atom. The van der Waals surface area contributed by atoms with Gasteiger partial charge in [-0.25, -0.2) is 0 Å². The van der Waals surface area contributed by atoms with Crippen LogP contribution in [0, 0.1) is 5.41 Å². The number of nitrogens with one attached hydrogen (secondary N) is 4. The first kappa shape index (κ1) is 26.4. The zero-order valence-electron chi connectivity index (χ0n) is 18.4. The molecule has 0 saturated carbocycles. The van der Waals surface area contributed by atoms with Crippen molar-refractivity contribution < 1.29 is 14.7 Å². The smallest absolute Gasteiger partial charge is 0.245 e. The molecule has 0 aromatic heterocycles. The molecule has 8 nitrogen and oxygen atoms in total. The van der Waals surface area contributed by atoms with Gasteiger partial charge in [0.2, 0.25) is 11.8 Å². The van der Waals surface area contributed by atoms with Gasteiger partial charge < -0.3 is 26.8 Å². The first-order chi connectivity index (χ1) is 16.0. The predicted molar refractivity (Wildman–Crippen MR) is 135 cm³/mol. The van der Waals surface area contributed by atoms with Gasteiger partial charge in [0.15, 0.2) is 0 Å². The highest BCUT2D eigenvalue weighted by atomic mass is 35.5. The topological polar surface area (TPSA) is 140 Å². The second-order valence-corrected chi connectivity index (χ2v) is 7.41. The van der Waals surface area contributed by atoms with E-state index < -0.39 is 18.6 Å². The van der Waals surface area contributed by atoms with Gasteiger partial charge in [-0.05, 0) is 23.3 Å². The average Bonchev–Trinajstić information content (AvgIpc) is 2.85. The van der Waals surface area contributed by atoms with Crippen molar-refractivity contribution >= 4 is 35.7 Å². The lowest BCUT2D eigenvalue weighted by Gasteiger charge is -2.21. The van der Waals surface area contributed by atoms with Crippen LogP contribution >= 0.6 is 12.4 Å². The van der Waals surface area contributed by atoms with E-state index in [0.717, 1.165) is 11.1 Å². The molecule has 0 radical (unpaired) electrons. The number of amidine groups is 1. The summed E-state index contributed by atoms with van der Waals surface area (Å²) in [6.45, 7) is -0.727. The molecule has 1 atom stereocenters. The molecule has 3 rings (SSSR count). The van der Waals surface area contributed by atoms with Crippen molar-refractivity contribution in [2.75, 3.05) is 18.5 Å². The van der Waals surface area contributed by atoms with Crippen molar-refractivity contribution in [2.45, 2.75) is 12.1 Å². The Bertz CT molecular complexity index is 1060. The number of hydrogen-bond donors (Lipinski definition) is 6. The number of nitrogen functional groups attached to an aromatic ring is 1. The second kappa shape index (κ2) is 13.0. The molecule has 0 bridgehead atoms. The summed E-state index contributed by atoms with van der Waals surface area (Å²) in [6.07, 6.45) is 0. The van der Waals surface area contributed by atoms with E-state index in [2.05, 4.69) is 16.0 Å². The van der Waals surface area contributed by atoms with E-state index in [-0.39, 0.29) is 36.7 Å². The fourth-order valence-electron chi connectivity index (χ4n) is 3.32. The summed E-state index contributed by atoms with van der Waals surface area (Å²) in [5, 5.41) is 25.6. The monoisotopic (exact) mass is 481 g/mol. The Kier molecular flexibility index (Phi) is 10.1. The van der Waals surface area contributed by atoms with Crippen LogP contribution in [0.15, 0.2) is 84.9 Å². The number of aliphatic hydroxyl groups excluding tert-OH is 1. The predicted octanol–water partition coefficient (Wildman–Crippen LogP) is 2.19. The summed E-state index contributed by atoms with van der Waals surface area (Å²) >= 11 is 0. The molecule has 178 valence electrons. The van der Waals surface area contributed by atoms with E-state index >= 15 is 0 Å². The minimum absolute atomic E-state index is 0. The number of halogens is 1. The highest BCUT2D eigenvalue weighted by molar-refractivity contribution is 5.96. The van der Waals surface area contributed by atoms with Crippen molar-refractivity contribution in [3.63, 3.8) is 0 Å². The van der Waals surface area contributed by atoms with Crippen molar-refractivity contribution in [1.29, 1.82) is 5.41 Å². The molecule has 34 heavy (non-hydrogen) atoms. The van der Waals surface area contributed by atoms with Gasteiger partial charge in [0, 0.05) is 11.3 Å². The fraction of sp³-hybridized carbons (Fsp3) is 0.160. The maximum Gasteiger partial charge on any atom is 0.245 e. The Labute approximate surface area is 204 Å². The molecule has 3 aromatic carbocycles. The Hall–Kier alpha value is -3.88. The van der Waals surface area contributed by atoms with Gasteiger partial charge in [0.1, 0.15) is 11.9 Å². The van der Waals surface area contributed by atoms with Crippen LogP contribution in [0.3, 0.4) is 0 Å². The third-order valence-electron chi connectivity index (χ3n) is 5.01. The van der Waals surface area contributed by atoms with Crippen LogP contribution in [-0.4, -0.2) is 41.9 Å². The Morgan fingerprint density at radius 3 is 2.03 bits per heavy atom. The molecular formula is C25H28ClN5O3. The molecular weight excluding hydrogens is 454 g/mol. The summed E-state index contributed by atoms with van der Waals surface area (Å²) in [4.78, 5) is 25.2. The summed E-state index contributed by atoms with van der Waals surface area (Å²) < 4.78 is 0. The average molecular weight is 482 g/mol. The molecule has 0 heterocycles. The van der Waals surface area contributed by atoms with Gasteiger partial charge in [-0.2, -0.15) is 0 Å². The molecule has 0 aliphatic heterocycles. The van der Waals surface area contributed by atoms with Crippen LogP contribution in [0.1, 0.15) is 22.7 Å². The first-order valence-electron chi connectivity index (χ1n) is 10.5. The third kappa shape index (κ3) is 7.33. The highest BCUT2D eigenvalue weighted by Gasteiger charge is 2.20.